The van der Waals surface area contributed by atoms with Gasteiger partial charge in [-0.15, -0.1) is 0 Å². The van der Waals surface area contributed by atoms with Gasteiger partial charge in [0.15, 0.2) is 5.65 Å². The van der Waals surface area contributed by atoms with E-state index < -0.39 is 0 Å². The molecule has 252 valence electrons. The van der Waals surface area contributed by atoms with Crippen molar-refractivity contribution in [2.45, 2.75) is 50.9 Å². The number of imidazole rings is 1. The van der Waals surface area contributed by atoms with Crippen LogP contribution in [0.2, 0.25) is 10.0 Å². The minimum absolute atomic E-state index is 0.0994. The van der Waals surface area contributed by atoms with E-state index in [0.29, 0.717) is 66.3 Å². The zero-order valence-corrected chi connectivity index (χ0v) is 28.4. The van der Waals surface area contributed by atoms with Crippen LogP contribution in [-0.4, -0.2) is 63.7 Å². The fourth-order valence-electron chi connectivity index (χ4n) is 6.38. The molecule has 2 atom stereocenters. The Labute approximate surface area is 293 Å². The molecule has 2 aliphatic heterocycles. The van der Waals surface area contributed by atoms with Gasteiger partial charge in [0.2, 0.25) is 17.7 Å². The summed E-state index contributed by atoms with van der Waals surface area (Å²) in [6.07, 6.45) is 4.73. The summed E-state index contributed by atoms with van der Waals surface area (Å²) in [7, 11) is 1.60. The first kappa shape index (κ1) is 33.0. The Morgan fingerprint density at radius 3 is 1.98 bits per heavy atom. The molecular formula is C36H36Cl2N8O3. The second-order valence-corrected chi connectivity index (χ2v) is 13.1. The number of nitrogens with zero attached hydrogens (tertiary/aromatic N) is 4. The van der Waals surface area contributed by atoms with E-state index in [9.17, 15) is 9.59 Å². The number of hydrogen-bond donors (Lipinski definition) is 4. The van der Waals surface area contributed by atoms with Crippen LogP contribution >= 0.6 is 23.2 Å². The van der Waals surface area contributed by atoms with Gasteiger partial charge in [0.05, 0.1) is 40.4 Å². The van der Waals surface area contributed by atoms with Crippen molar-refractivity contribution < 1.29 is 14.3 Å². The molecule has 7 rings (SSSR count). The minimum Gasteiger partial charge on any atom is -0.481 e. The van der Waals surface area contributed by atoms with Crippen molar-refractivity contribution in [3.8, 4) is 39.5 Å². The smallest absolute Gasteiger partial charge is 0.220 e. The molecule has 2 aromatic carbocycles. The zero-order chi connectivity index (χ0) is 33.9. The quantitative estimate of drug-likeness (QED) is 0.140. The molecule has 11 nitrogen and oxygen atoms in total. The van der Waals surface area contributed by atoms with Crippen molar-refractivity contribution in [3.05, 3.63) is 88.2 Å². The average molecular weight is 700 g/mol. The van der Waals surface area contributed by atoms with Crippen LogP contribution in [0, 0.1) is 0 Å². The van der Waals surface area contributed by atoms with Crippen LogP contribution in [0.25, 0.3) is 39.3 Å². The first-order valence-electron chi connectivity index (χ1n) is 16.3. The molecule has 0 unspecified atom stereocenters. The van der Waals surface area contributed by atoms with Crippen LogP contribution in [-0.2, 0) is 22.7 Å². The summed E-state index contributed by atoms with van der Waals surface area (Å²) in [5.74, 6) is 0.710. The second kappa shape index (κ2) is 14.5. The molecule has 0 aliphatic carbocycles. The highest BCUT2D eigenvalue weighted by molar-refractivity contribution is 6.39. The van der Waals surface area contributed by atoms with Crippen molar-refractivity contribution in [3.63, 3.8) is 0 Å². The molecule has 0 bridgehead atoms. The monoisotopic (exact) mass is 698 g/mol. The number of ether oxygens (including phenoxy) is 1. The molecule has 13 heteroatoms. The standard InChI is InChI=1S/C36H36Cl2N8O3/c1-49-36-21(16-39-17-22-9-14-32(47)42-22)8-11-29(44-36)27-6-2-4-25(34(27)37)26-5-3-7-28(35(26)38)30-12-13-31-41-24(20-46(31)45-30)19-40-18-23-10-15-33(48)43-23/h2-8,11-13,20,22-23,39-40H,9-10,14-19H2,1H3,(H,42,47)(H,43,48)/t22-,23-/m0/s1. The van der Waals surface area contributed by atoms with Crippen molar-refractivity contribution in [2.24, 2.45) is 0 Å². The number of pyridine rings is 1. The van der Waals surface area contributed by atoms with Gasteiger partial charge in [0.25, 0.3) is 0 Å². The van der Waals surface area contributed by atoms with Gasteiger partial charge in [-0.3, -0.25) is 9.59 Å². The zero-order valence-electron chi connectivity index (χ0n) is 26.9. The largest absolute Gasteiger partial charge is 0.481 e. The Balaban J connectivity index is 1.09. The number of amides is 2. The third-order valence-electron chi connectivity index (χ3n) is 8.91. The lowest BCUT2D eigenvalue weighted by Gasteiger charge is -2.15. The fraction of sp³-hybridized carbons (Fsp3) is 0.306. The summed E-state index contributed by atoms with van der Waals surface area (Å²) in [5, 5.41) is 18.6. The molecule has 0 saturated carbocycles. The maximum Gasteiger partial charge on any atom is 0.220 e. The Kier molecular flexibility index (Phi) is 9.77. The normalized spacial score (nSPS) is 17.4. The molecule has 5 aromatic rings. The number of rotatable bonds is 12. The number of benzene rings is 2. The average Bonchev–Trinajstić information content (AvgIpc) is 3.84. The molecule has 5 heterocycles. The van der Waals surface area contributed by atoms with E-state index >= 15 is 0 Å². The number of methoxy groups -OCH3 is 1. The number of nitrogens with one attached hydrogen (secondary N) is 4. The summed E-state index contributed by atoms with van der Waals surface area (Å²) in [6.45, 7) is 2.49. The lowest BCUT2D eigenvalue weighted by molar-refractivity contribution is -0.120. The van der Waals surface area contributed by atoms with Crippen LogP contribution in [0.4, 0.5) is 0 Å². The SMILES string of the molecule is COc1nc(-c2cccc(-c3cccc(-c4ccc5nc(CNC[C@@H]6CCC(=O)N6)cn5n4)c3Cl)c2Cl)ccc1CNC[C@@H]1CCC(=O)N1. The number of hydrogen-bond acceptors (Lipinski definition) is 8. The lowest BCUT2D eigenvalue weighted by Crippen LogP contribution is -2.35. The molecule has 2 amide bonds. The highest BCUT2D eigenvalue weighted by Gasteiger charge is 2.22. The van der Waals surface area contributed by atoms with Gasteiger partial charge in [-0.05, 0) is 31.0 Å². The predicted octanol–water partition coefficient (Wildman–Crippen LogP) is 5.18. The van der Waals surface area contributed by atoms with E-state index in [1.165, 1.54) is 0 Å². The van der Waals surface area contributed by atoms with Crippen molar-refractivity contribution in [1.29, 1.82) is 0 Å². The van der Waals surface area contributed by atoms with Gasteiger partial charge >= 0.3 is 0 Å². The third kappa shape index (κ3) is 7.25. The van der Waals surface area contributed by atoms with Gasteiger partial charge in [-0.1, -0.05) is 65.7 Å². The van der Waals surface area contributed by atoms with E-state index in [1.54, 1.807) is 11.6 Å². The number of carbonyl (C=O) groups excluding carboxylic acids is 2. The highest BCUT2D eigenvalue weighted by atomic mass is 35.5. The minimum atomic E-state index is 0.0994. The van der Waals surface area contributed by atoms with Gasteiger partial charge < -0.3 is 26.0 Å². The van der Waals surface area contributed by atoms with Crippen LogP contribution < -0.4 is 26.0 Å². The fourth-order valence-corrected chi connectivity index (χ4v) is 7.03. The van der Waals surface area contributed by atoms with E-state index in [4.69, 9.17) is 38.0 Å². The van der Waals surface area contributed by atoms with E-state index in [1.807, 2.05) is 66.9 Å². The molecule has 3 aromatic heterocycles. The molecule has 4 N–H and O–H groups in total. The highest BCUT2D eigenvalue weighted by Crippen LogP contribution is 2.42. The summed E-state index contributed by atoms with van der Waals surface area (Å²) in [6, 6.07) is 19.7. The Morgan fingerprint density at radius 2 is 1.37 bits per heavy atom. The van der Waals surface area contributed by atoms with Crippen molar-refractivity contribution in [2.75, 3.05) is 20.2 Å². The van der Waals surface area contributed by atoms with E-state index in [0.717, 1.165) is 52.0 Å². The second-order valence-electron chi connectivity index (χ2n) is 12.3. The van der Waals surface area contributed by atoms with Crippen LogP contribution in [0.3, 0.4) is 0 Å². The maximum atomic E-state index is 11.5. The Bertz CT molecular complexity index is 2030. The van der Waals surface area contributed by atoms with Crippen LogP contribution in [0.1, 0.15) is 36.9 Å². The number of carbonyl (C=O) groups is 2. The summed E-state index contributed by atoms with van der Waals surface area (Å²) in [5.41, 5.74) is 6.92. The molecule has 0 radical (unpaired) electrons. The molecule has 2 saturated heterocycles. The maximum absolute atomic E-state index is 11.5. The van der Waals surface area contributed by atoms with Crippen molar-refractivity contribution in [1.82, 2.24) is 40.8 Å². The first-order valence-corrected chi connectivity index (χ1v) is 17.1. The van der Waals surface area contributed by atoms with Crippen LogP contribution in [0.5, 0.6) is 5.88 Å². The first-order chi connectivity index (χ1) is 23.9. The molecular weight excluding hydrogens is 663 g/mol. The number of fused-ring (bicyclic) bond motifs is 1. The molecule has 49 heavy (non-hydrogen) atoms. The van der Waals surface area contributed by atoms with Gasteiger partial charge in [0.1, 0.15) is 0 Å². The molecule has 2 aliphatic rings. The number of aromatic nitrogens is 4. The van der Waals surface area contributed by atoms with Gasteiger partial charge in [0, 0.05) is 78.9 Å². The van der Waals surface area contributed by atoms with Gasteiger partial charge in [-0.25, -0.2) is 14.5 Å². The number of halogens is 2. The van der Waals surface area contributed by atoms with Crippen LogP contribution in [0.15, 0.2) is 66.9 Å². The van der Waals surface area contributed by atoms with Gasteiger partial charge in [-0.2, -0.15) is 5.10 Å². The molecule has 2 fully saturated rings. The van der Waals surface area contributed by atoms with Crippen molar-refractivity contribution >= 4 is 40.7 Å². The predicted molar refractivity (Wildman–Crippen MR) is 189 cm³/mol. The summed E-state index contributed by atoms with van der Waals surface area (Å²) < 4.78 is 7.40. The Hall–Kier alpha value is -4.55. The summed E-state index contributed by atoms with van der Waals surface area (Å²) in [4.78, 5) is 32.4. The topological polar surface area (TPSA) is 135 Å². The van der Waals surface area contributed by atoms with E-state index in [2.05, 4.69) is 26.3 Å². The summed E-state index contributed by atoms with van der Waals surface area (Å²) >= 11 is 14.2. The molecule has 0 spiro atoms. The Morgan fingerprint density at radius 1 is 0.776 bits per heavy atom. The lowest BCUT2D eigenvalue weighted by atomic mass is 9.98. The third-order valence-corrected chi connectivity index (χ3v) is 9.73. The van der Waals surface area contributed by atoms with E-state index in [-0.39, 0.29) is 23.9 Å².